The van der Waals surface area contributed by atoms with Crippen LogP contribution in [0.15, 0.2) is 82.5 Å². The highest BCUT2D eigenvalue weighted by molar-refractivity contribution is 6.10. The van der Waals surface area contributed by atoms with E-state index in [1.165, 1.54) is 18.2 Å². The molecule has 1 amide bonds. The molecule has 200 valence electrons. The zero-order valence-corrected chi connectivity index (χ0v) is 20.5. The first-order chi connectivity index (χ1) is 18.6. The Hall–Kier alpha value is -4.60. The van der Waals surface area contributed by atoms with E-state index in [2.05, 4.69) is 6.58 Å². The molecule has 0 radical (unpaired) electrons. The van der Waals surface area contributed by atoms with Gasteiger partial charge in [-0.3, -0.25) is 14.5 Å². The number of carbonyl (C=O) groups excluding carboxylic acids is 1. The van der Waals surface area contributed by atoms with Crippen LogP contribution < -0.4 is 19.8 Å². The number of ether oxygens (including phenoxy) is 2. The van der Waals surface area contributed by atoms with E-state index in [1.54, 1.807) is 31.2 Å². The number of halogens is 4. The first-order valence-corrected chi connectivity index (χ1v) is 11.9. The average Bonchev–Trinajstić information content (AvgIpc) is 3.20. The van der Waals surface area contributed by atoms with Gasteiger partial charge in [0, 0.05) is 5.69 Å². The van der Waals surface area contributed by atoms with Crippen molar-refractivity contribution in [2.75, 3.05) is 18.1 Å². The fourth-order valence-electron chi connectivity index (χ4n) is 4.59. The molecule has 1 aromatic heterocycles. The maximum absolute atomic E-state index is 14.0. The Bertz CT molecular complexity index is 1660. The molecule has 5 rings (SSSR count). The number of fused-ring (bicyclic) bond motifs is 2. The number of alkyl halides is 3. The van der Waals surface area contributed by atoms with Gasteiger partial charge in [0.15, 0.2) is 16.9 Å². The van der Waals surface area contributed by atoms with Crippen LogP contribution in [0.4, 0.5) is 23.2 Å². The molecule has 0 aliphatic carbocycles. The van der Waals surface area contributed by atoms with Crippen LogP contribution in [0.5, 0.6) is 11.5 Å². The third-order valence-electron chi connectivity index (χ3n) is 6.22. The lowest BCUT2D eigenvalue weighted by atomic mass is 9.97. The number of amides is 1. The third-order valence-corrected chi connectivity index (χ3v) is 6.22. The SMILES string of the molecule is C=CCOc1ccc(C2c3c(oc4ccc(F)cc4c3=O)C(=O)N2c2cccc(C(F)(F)F)c2)cc1OCC. The van der Waals surface area contributed by atoms with Crippen LogP contribution in [-0.2, 0) is 6.18 Å². The average molecular weight is 539 g/mol. The van der Waals surface area contributed by atoms with Crippen LogP contribution in [-0.4, -0.2) is 19.1 Å². The lowest BCUT2D eigenvalue weighted by molar-refractivity contribution is -0.137. The number of benzene rings is 3. The lowest BCUT2D eigenvalue weighted by Gasteiger charge is -2.26. The summed E-state index contributed by atoms with van der Waals surface area (Å²) in [6.07, 6.45) is -3.13. The minimum absolute atomic E-state index is 0.0266. The van der Waals surface area contributed by atoms with E-state index >= 15 is 0 Å². The Balaban J connectivity index is 1.77. The van der Waals surface area contributed by atoms with Gasteiger partial charge < -0.3 is 13.9 Å². The molecule has 0 bridgehead atoms. The first kappa shape index (κ1) is 26.0. The highest BCUT2D eigenvalue weighted by Crippen LogP contribution is 2.44. The molecular weight excluding hydrogens is 518 g/mol. The van der Waals surface area contributed by atoms with Gasteiger partial charge in [-0.25, -0.2) is 4.39 Å². The minimum atomic E-state index is -4.67. The molecule has 1 atom stereocenters. The van der Waals surface area contributed by atoms with Gasteiger partial charge in [0.2, 0.25) is 5.76 Å². The minimum Gasteiger partial charge on any atom is -0.490 e. The van der Waals surface area contributed by atoms with Crippen molar-refractivity contribution in [3.05, 3.63) is 112 Å². The Morgan fingerprint density at radius 2 is 1.82 bits per heavy atom. The number of rotatable bonds is 7. The Morgan fingerprint density at radius 3 is 2.54 bits per heavy atom. The van der Waals surface area contributed by atoms with E-state index in [0.717, 1.165) is 29.2 Å². The molecule has 0 saturated heterocycles. The normalized spacial score (nSPS) is 14.9. The predicted octanol–water partition coefficient (Wildman–Crippen LogP) is 6.66. The zero-order valence-electron chi connectivity index (χ0n) is 20.5. The van der Waals surface area contributed by atoms with Crippen molar-refractivity contribution in [1.82, 2.24) is 0 Å². The van der Waals surface area contributed by atoms with Crippen LogP contribution >= 0.6 is 0 Å². The highest BCUT2D eigenvalue weighted by atomic mass is 19.4. The molecule has 39 heavy (non-hydrogen) atoms. The second kappa shape index (κ2) is 9.94. The Kier molecular flexibility index (Phi) is 6.63. The molecule has 2 heterocycles. The van der Waals surface area contributed by atoms with Crippen molar-refractivity contribution < 1.29 is 36.2 Å². The van der Waals surface area contributed by atoms with Gasteiger partial charge in [-0.15, -0.1) is 0 Å². The maximum Gasteiger partial charge on any atom is 0.416 e. The molecule has 1 aliphatic heterocycles. The summed E-state index contributed by atoms with van der Waals surface area (Å²) in [4.78, 5) is 28.4. The summed E-state index contributed by atoms with van der Waals surface area (Å²) in [7, 11) is 0. The van der Waals surface area contributed by atoms with Gasteiger partial charge in [0.25, 0.3) is 5.91 Å². The molecule has 0 spiro atoms. The van der Waals surface area contributed by atoms with Gasteiger partial charge >= 0.3 is 6.18 Å². The Morgan fingerprint density at radius 1 is 1.03 bits per heavy atom. The molecule has 6 nitrogen and oxygen atoms in total. The predicted molar refractivity (Wildman–Crippen MR) is 136 cm³/mol. The third kappa shape index (κ3) is 4.62. The number of nitrogens with zero attached hydrogens (tertiary/aromatic N) is 1. The fraction of sp³-hybridized carbons (Fsp3) is 0.172. The topological polar surface area (TPSA) is 69.0 Å². The number of anilines is 1. The Labute approximate surface area is 219 Å². The van der Waals surface area contributed by atoms with Crippen molar-refractivity contribution in [1.29, 1.82) is 0 Å². The number of hydrogen-bond donors (Lipinski definition) is 0. The summed E-state index contributed by atoms with van der Waals surface area (Å²) >= 11 is 0. The van der Waals surface area contributed by atoms with Crippen LogP contribution in [0.3, 0.4) is 0 Å². The summed E-state index contributed by atoms with van der Waals surface area (Å²) < 4.78 is 71.8. The lowest BCUT2D eigenvalue weighted by Crippen LogP contribution is -2.29. The fourth-order valence-corrected chi connectivity index (χ4v) is 4.59. The van der Waals surface area contributed by atoms with Crippen molar-refractivity contribution >= 4 is 22.6 Å². The van der Waals surface area contributed by atoms with E-state index < -0.39 is 34.9 Å². The molecule has 1 unspecified atom stereocenters. The number of carbonyl (C=O) groups is 1. The van der Waals surface area contributed by atoms with Crippen LogP contribution in [0, 0.1) is 5.82 Å². The summed E-state index contributed by atoms with van der Waals surface area (Å²) in [5.74, 6) is -1.19. The van der Waals surface area contributed by atoms with Gasteiger partial charge in [0.1, 0.15) is 18.0 Å². The smallest absolute Gasteiger partial charge is 0.416 e. The summed E-state index contributed by atoms with van der Waals surface area (Å²) in [5, 5.41) is -0.103. The van der Waals surface area contributed by atoms with Crippen molar-refractivity contribution in [2.45, 2.75) is 19.1 Å². The number of hydrogen-bond acceptors (Lipinski definition) is 5. The van der Waals surface area contributed by atoms with E-state index in [4.69, 9.17) is 13.9 Å². The van der Waals surface area contributed by atoms with Crippen LogP contribution in [0.2, 0.25) is 0 Å². The molecule has 10 heteroatoms. The molecule has 0 fully saturated rings. The van der Waals surface area contributed by atoms with Crippen molar-refractivity contribution in [3.63, 3.8) is 0 Å². The second-order valence-corrected chi connectivity index (χ2v) is 8.68. The molecule has 3 aromatic carbocycles. The van der Waals surface area contributed by atoms with E-state index in [0.29, 0.717) is 11.3 Å². The van der Waals surface area contributed by atoms with Crippen LogP contribution in [0.25, 0.3) is 11.0 Å². The zero-order chi connectivity index (χ0) is 27.9. The summed E-state index contributed by atoms with van der Waals surface area (Å²) in [5.41, 5.74) is -1.57. The van der Waals surface area contributed by atoms with Gasteiger partial charge in [0.05, 0.1) is 29.2 Å². The second-order valence-electron chi connectivity index (χ2n) is 8.68. The molecule has 1 aliphatic rings. The molecule has 4 aromatic rings. The van der Waals surface area contributed by atoms with Gasteiger partial charge in [-0.2, -0.15) is 13.2 Å². The summed E-state index contributed by atoms with van der Waals surface area (Å²) in [6.45, 7) is 5.81. The maximum atomic E-state index is 14.0. The molecule has 0 N–H and O–H groups in total. The summed E-state index contributed by atoms with van der Waals surface area (Å²) in [6, 6.07) is 11.0. The van der Waals surface area contributed by atoms with E-state index in [9.17, 15) is 27.2 Å². The largest absolute Gasteiger partial charge is 0.490 e. The van der Waals surface area contributed by atoms with Crippen molar-refractivity contribution in [2.24, 2.45) is 0 Å². The first-order valence-electron chi connectivity index (χ1n) is 11.9. The van der Waals surface area contributed by atoms with Gasteiger partial charge in [-0.1, -0.05) is 24.8 Å². The van der Waals surface area contributed by atoms with Crippen LogP contribution in [0.1, 0.15) is 40.2 Å². The van der Waals surface area contributed by atoms with Gasteiger partial charge in [-0.05, 0) is 61.0 Å². The highest BCUT2D eigenvalue weighted by Gasteiger charge is 2.44. The van der Waals surface area contributed by atoms with Crippen molar-refractivity contribution in [3.8, 4) is 11.5 Å². The standard InChI is InChI=1S/C29H21F4NO5/c1-3-12-38-22-10-8-16(13-23(22)37-4-2)25-24-26(35)20-15-18(30)9-11-21(20)39-27(24)28(36)34(25)19-7-5-6-17(14-19)29(31,32)33/h3,5-11,13-15,25H,1,4,12H2,2H3. The molecular formula is C29H21F4NO5. The monoisotopic (exact) mass is 539 g/mol. The molecule has 0 saturated carbocycles. The van der Waals surface area contributed by atoms with E-state index in [1.807, 2.05) is 0 Å². The quantitative estimate of drug-likeness (QED) is 0.194. The van der Waals surface area contributed by atoms with E-state index in [-0.39, 0.29) is 46.9 Å².